The number of anilines is 2. The van der Waals surface area contributed by atoms with Gasteiger partial charge in [-0.3, -0.25) is 9.59 Å². The zero-order valence-electron chi connectivity index (χ0n) is 15.7. The SMILES string of the molecule is CCCCNC(=O)c1ccc(NCC(=O)Nc2ccc(C)cc2C)cc1. The van der Waals surface area contributed by atoms with E-state index in [4.69, 9.17) is 0 Å². The van der Waals surface area contributed by atoms with Gasteiger partial charge in [0.15, 0.2) is 0 Å². The quantitative estimate of drug-likeness (QED) is 0.631. The summed E-state index contributed by atoms with van der Waals surface area (Å²) in [5, 5.41) is 8.85. The molecule has 0 unspecified atom stereocenters. The van der Waals surface area contributed by atoms with Crippen LogP contribution in [-0.2, 0) is 4.79 Å². The second-order valence-corrected chi connectivity index (χ2v) is 6.41. The van der Waals surface area contributed by atoms with Gasteiger partial charge in [0.25, 0.3) is 5.91 Å². The van der Waals surface area contributed by atoms with E-state index in [1.165, 1.54) is 0 Å². The Kier molecular flexibility index (Phi) is 7.21. The van der Waals surface area contributed by atoms with E-state index >= 15 is 0 Å². The lowest BCUT2D eigenvalue weighted by Crippen LogP contribution is -2.24. The molecule has 0 aliphatic rings. The molecule has 0 radical (unpaired) electrons. The minimum absolute atomic E-state index is 0.0717. The molecule has 0 bridgehead atoms. The van der Waals surface area contributed by atoms with Crippen LogP contribution >= 0.6 is 0 Å². The Morgan fingerprint density at radius 3 is 2.38 bits per heavy atom. The highest BCUT2D eigenvalue weighted by Crippen LogP contribution is 2.16. The van der Waals surface area contributed by atoms with Gasteiger partial charge in [-0.1, -0.05) is 31.0 Å². The van der Waals surface area contributed by atoms with Crippen molar-refractivity contribution in [2.24, 2.45) is 0 Å². The van der Waals surface area contributed by atoms with Crippen molar-refractivity contribution in [2.75, 3.05) is 23.7 Å². The molecule has 0 aliphatic carbocycles. The number of hydrogen-bond donors (Lipinski definition) is 3. The molecule has 0 fully saturated rings. The van der Waals surface area contributed by atoms with Crippen molar-refractivity contribution in [1.29, 1.82) is 0 Å². The third kappa shape index (κ3) is 5.92. The van der Waals surface area contributed by atoms with Crippen molar-refractivity contribution in [2.45, 2.75) is 33.6 Å². The molecule has 0 atom stereocenters. The molecule has 0 aromatic heterocycles. The van der Waals surface area contributed by atoms with Crippen LogP contribution in [0.5, 0.6) is 0 Å². The van der Waals surface area contributed by atoms with Crippen LogP contribution in [-0.4, -0.2) is 24.9 Å². The summed E-state index contributed by atoms with van der Waals surface area (Å²) in [4.78, 5) is 24.1. The first-order chi connectivity index (χ1) is 12.5. The van der Waals surface area contributed by atoms with E-state index in [0.717, 1.165) is 35.3 Å². The Balaban J connectivity index is 1.83. The summed E-state index contributed by atoms with van der Waals surface area (Å²) in [5.74, 6) is -0.184. The fraction of sp³-hybridized carbons (Fsp3) is 0.333. The number of carbonyl (C=O) groups excluding carboxylic acids is 2. The molecule has 2 rings (SSSR count). The summed E-state index contributed by atoms with van der Waals surface area (Å²) in [6, 6.07) is 13.0. The molecule has 2 aromatic rings. The summed E-state index contributed by atoms with van der Waals surface area (Å²) in [6.45, 7) is 6.93. The molecule has 2 amide bonds. The summed E-state index contributed by atoms with van der Waals surface area (Å²) < 4.78 is 0. The highest BCUT2D eigenvalue weighted by Gasteiger charge is 2.07. The minimum atomic E-state index is -0.113. The van der Waals surface area contributed by atoms with Crippen LogP contribution in [0.4, 0.5) is 11.4 Å². The van der Waals surface area contributed by atoms with Crippen LogP contribution in [0.25, 0.3) is 0 Å². The predicted octanol–water partition coefficient (Wildman–Crippen LogP) is 3.88. The molecular weight excluding hydrogens is 326 g/mol. The van der Waals surface area contributed by atoms with Gasteiger partial charge in [0, 0.05) is 23.5 Å². The fourth-order valence-electron chi connectivity index (χ4n) is 2.55. The van der Waals surface area contributed by atoms with Crippen LogP contribution < -0.4 is 16.0 Å². The van der Waals surface area contributed by atoms with Crippen molar-refractivity contribution in [3.8, 4) is 0 Å². The van der Waals surface area contributed by atoms with E-state index in [1.54, 1.807) is 24.3 Å². The van der Waals surface area contributed by atoms with Gasteiger partial charge in [-0.05, 0) is 56.2 Å². The van der Waals surface area contributed by atoms with Crippen molar-refractivity contribution in [3.63, 3.8) is 0 Å². The number of aryl methyl sites for hydroxylation is 2. The highest BCUT2D eigenvalue weighted by molar-refractivity contribution is 5.95. The Morgan fingerprint density at radius 2 is 1.73 bits per heavy atom. The molecule has 5 nitrogen and oxygen atoms in total. The van der Waals surface area contributed by atoms with Crippen LogP contribution in [0.1, 0.15) is 41.3 Å². The maximum Gasteiger partial charge on any atom is 0.251 e. The average Bonchev–Trinajstić information content (AvgIpc) is 2.63. The van der Waals surface area contributed by atoms with Crippen LogP contribution in [0.2, 0.25) is 0 Å². The Morgan fingerprint density at radius 1 is 1.00 bits per heavy atom. The van der Waals surface area contributed by atoms with Crippen molar-refractivity contribution < 1.29 is 9.59 Å². The Hall–Kier alpha value is -2.82. The summed E-state index contributed by atoms with van der Waals surface area (Å²) in [6.07, 6.45) is 2.02. The lowest BCUT2D eigenvalue weighted by Gasteiger charge is -2.11. The van der Waals surface area contributed by atoms with Gasteiger partial charge in [0.1, 0.15) is 0 Å². The zero-order valence-corrected chi connectivity index (χ0v) is 15.7. The van der Waals surface area contributed by atoms with Gasteiger partial charge in [-0.15, -0.1) is 0 Å². The number of amides is 2. The summed E-state index contributed by atoms with van der Waals surface area (Å²) in [7, 11) is 0. The summed E-state index contributed by atoms with van der Waals surface area (Å²) >= 11 is 0. The third-order valence-electron chi connectivity index (χ3n) is 4.07. The standard InChI is InChI=1S/C21H27N3O2/c1-4-5-12-22-21(26)17-7-9-18(10-8-17)23-14-20(25)24-19-11-6-15(2)13-16(19)3/h6-11,13,23H,4-5,12,14H2,1-3H3,(H,22,26)(H,24,25). The predicted molar refractivity (Wildman–Crippen MR) is 107 cm³/mol. The molecule has 3 N–H and O–H groups in total. The molecule has 0 saturated heterocycles. The third-order valence-corrected chi connectivity index (χ3v) is 4.07. The molecule has 0 saturated carbocycles. The first kappa shape index (κ1) is 19.5. The van der Waals surface area contributed by atoms with E-state index in [1.807, 2.05) is 32.0 Å². The number of rotatable bonds is 8. The maximum absolute atomic E-state index is 12.1. The van der Waals surface area contributed by atoms with E-state index in [-0.39, 0.29) is 18.4 Å². The van der Waals surface area contributed by atoms with Crippen LogP contribution in [0.3, 0.4) is 0 Å². The first-order valence-electron chi connectivity index (χ1n) is 8.99. The Bertz CT molecular complexity index is 754. The van der Waals surface area contributed by atoms with Gasteiger partial charge >= 0.3 is 0 Å². The molecule has 2 aromatic carbocycles. The van der Waals surface area contributed by atoms with Gasteiger partial charge in [-0.2, -0.15) is 0 Å². The summed E-state index contributed by atoms with van der Waals surface area (Å²) in [5.41, 5.74) is 4.44. The van der Waals surface area contributed by atoms with Crippen molar-refractivity contribution in [1.82, 2.24) is 5.32 Å². The fourth-order valence-corrected chi connectivity index (χ4v) is 2.55. The number of hydrogen-bond acceptors (Lipinski definition) is 3. The maximum atomic E-state index is 12.1. The Labute approximate surface area is 155 Å². The second-order valence-electron chi connectivity index (χ2n) is 6.41. The van der Waals surface area contributed by atoms with Gasteiger partial charge < -0.3 is 16.0 Å². The lowest BCUT2D eigenvalue weighted by atomic mass is 10.1. The smallest absolute Gasteiger partial charge is 0.251 e. The van der Waals surface area contributed by atoms with E-state index < -0.39 is 0 Å². The normalized spacial score (nSPS) is 10.3. The van der Waals surface area contributed by atoms with Crippen molar-refractivity contribution >= 4 is 23.2 Å². The number of benzene rings is 2. The molecule has 0 heterocycles. The van der Waals surface area contributed by atoms with Crippen LogP contribution in [0.15, 0.2) is 42.5 Å². The van der Waals surface area contributed by atoms with E-state index in [2.05, 4.69) is 22.9 Å². The van der Waals surface area contributed by atoms with E-state index in [0.29, 0.717) is 12.1 Å². The monoisotopic (exact) mass is 353 g/mol. The number of nitrogens with one attached hydrogen (secondary N) is 3. The van der Waals surface area contributed by atoms with Crippen molar-refractivity contribution in [3.05, 3.63) is 59.2 Å². The molecule has 5 heteroatoms. The minimum Gasteiger partial charge on any atom is -0.376 e. The lowest BCUT2D eigenvalue weighted by molar-refractivity contribution is -0.114. The highest BCUT2D eigenvalue weighted by atomic mass is 16.2. The average molecular weight is 353 g/mol. The molecule has 0 spiro atoms. The molecule has 138 valence electrons. The van der Waals surface area contributed by atoms with Crippen LogP contribution in [0, 0.1) is 13.8 Å². The van der Waals surface area contributed by atoms with E-state index in [9.17, 15) is 9.59 Å². The number of unbranched alkanes of at least 4 members (excludes halogenated alkanes) is 1. The topological polar surface area (TPSA) is 70.2 Å². The van der Waals surface area contributed by atoms with Gasteiger partial charge in [0.2, 0.25) is 5.91 Å². The molecule has 0 aliphatic heterocycles. The zero-order chi connectivity index (χ0) is 18.9. The van der Waals surface area contributed by atoms with Gasteiger partial charge in [0.05, 0.1) is 6.54 Å². The largest absolute Gasteiger partial charge is 0.376 e. The molecule has 26 heavy (non-hydrogen) atoms. The first-order valence-corrected chi connectivity index (χ1v) is 8.99. The van der Waals surface area contributed by atoms with Gasteiger partial charge in [-0.25, -0.2) is 0 Å². The second kappa shape index (κ2) is 9.61. The molecular formula is C21H27N3O2. The number of carbonyl (C=O) groups is 2.